The lowest BCUT2D eigenvalue weighted by molar-refractivity contribution is 0.0713. The summed E-state index contributed by atoms with van der Waals surface area (Å²) < 4.78 is 13.1. The minimum absolute atomic E-state index is 0.0900. The predicted molar refractivity (Wildman–Crippen MR) is 106 cm³/mol. The van der Waals surface area contributed by atoms with Crippen LogP contribution in [0.15, 0.2) is 78.9 Å². The molecule has 27 heavy (non-hydrogen) atoms. The van der Waals surface area contributed by atoms with Crippen LogP contribution in [0.4, 0.5) is 4.39 Å². The van der Waals surface area contributed by atoms with Crippen molar-refractivity contribution in [2.24, 2.45) is 0 Å². The zero-order chi connectivity index (χ0) is 18.6. The Morgan fingerprint density at radius 2 is 1.33 bits per heavy atom. The van der Waals surface area contributed by atoms with E-state index >= 15 is 0 Å². The average Bonchev–Trinajstić information content (AvgIpc) is 2.75. The smallest absolute Gasteiger partial charge is 0.253 e. The summed E-state index contributed by atoms with van der Waals surface area (Å²) in [7, 11) is 0. The third-order valence-electron chi connectivity index (χ3n) is 5.36. The van der Waals surface area contributed by atoms with E-state index in [-0.39, 0.29) is 11.7 Å². The molecule has 0 aromatic heterocycles. The van der Waals surface area contributed by atoms with Gasteiger partial charge in [-0.2, -0.15) is 0 Å². The second-order valence-corrected chi connectivity index (χ2v) is 7.06. The maximum atomic E-state index is 13.1. The van der Waals surface area contributed by atoms with Crippen molar-refractivity contribution in [1.29, 1.82) is 0 Å². The number of hydrogen-bond donors (Lipinski definition) is 0. The summed E-state index contributed by atoms with van der Waals surface area (Å²) in [4.78, 5) is 14.8. The number of benzene rings is 3. The number of piperidine rings is 1. The predicted octanol–water partition coefficient (Wildman–Crippen LogP) is 5.51. The maximum absolute atomic E-state index is 13.1. The number of hydrogen-bond acceptors (Lipinski definition) is 1. The van der Waals surface area contributed by atoms with Crippen LogP contribution in [0, 0.1) is 5.82 Å². The van der Waals surface area contributed by atoms with Gasteiger partial charge < -0.3 is 4.90 Å². The molecule has 3 aromatic carbocycles. The zero-order valence-corrected chi connectivity index (χ0v) is 15.1. The number of amides is 1. The van der Waals surface area contributed by atoms with Gasteiger partial charge in [0.15, 0.2) is 0 Å². The lowest BCUT2D eigenvalue weighted by Gasteiger charge is -2.32. The first-order valence-corrected chi connectivity index (χ1v) is 9.41. The van der Waals surface area contributed by atoms with Crippen LogP contribution in [0.1, 0.15) is 34.7 Å². The van der Waals surface area contributed by atoms with Gasteiger partial charge in [-0.05, 0) is 59.7 Å². The fourth-order valence-electron chi connectivity index (χ4n) is 3.77. The van der Waals surface area contributed by atoms with E-state index < -0.39 is 0 Å². The van der Waals surface area contributed by atoms with Gasteiger partial charge in [0.2, 0.25) is 0 Å². The standard InChI is InChI=1S/C24H22FNO/c25-23-12-10-20(11-13-23)19-6-8-22(9-7-19)24(27)26-16-14-21(15-17-26)18-4-2-1-3-5-18/h1-13,21H,14-17H2. The van der Waals surface area contributed by atoms with Gasteiger partial charge in [0.1, 0.15) is 5.82 Å². The van der Waals surface area contributed by atoms with Gasteiger partial charge in [-0.3, -0.25) is 4.79 Å². The van der Waals surface area contributed by atoms with Crippen LogP contribution in [0.3, 0.4) is 0 Å². The molecule has 1 aliphatic heterocycles. The molecule has 0 unspecified atom stereocenters. The number of likely N-dealkylation sites (tertiary alicyclic amines) is 1. The number of rotatable bonds is 3. The van der Waals surface area contributed by atoms with Crippen molar-refractivity contribution in [3.8, 4) is 11.1 Å². The molecule has 3 heteroatoms. The molecule has 0 radical (unpaired) electrons. The fourth-order valence-corrected chi connectivity index (χ4v) is 3.77. The van der Waals surface area contributed by atoms with Crippen molar-refractivity contribution in [1.82, 2.24) is 4.90 Å². The van der Waals surface area contributed by atoms with Crippen LogP contribution in [0.2, 0.25) is 0 Å². The summed E-state index contributed by atoms with van der Waals surface area (Å²) >= 11 is 0. The second kappa shape index (κ2) is 7.75. The van der Waals surface area contributed by atoms with Gasteiger partial charge in [-0.15, -0.1) is 0 Å². The molecule has 0 aliphatic carbocycles. The molecule has 0 spiro atoms. The highest BCUT2D eigenvalue weighted by molar-refractivity contribution is 5.94. The molecular formula is C24H22FNO. The Balaban J connectivity index is 1.41. The number of halogens is 1. The Kier molecular flexibility index (Phi) is 5.01. The zero-order valence-electron chi connectivity index (χ0n) is 15.1. The van der Waals surface area contributed by atoms with Crippen molar-refractivity contribution in [3.05, 3.63) is 95.8 Å². The van der Waals surface area contributed by atoms with Crippen molar-refractivity contribution in [2.45, 2.75) is 18.8 Å². The quantitative estimate of drug-likeness (QED) is 0.603. The Morgan fingerprint density at radius 1 is 0.778 bits per heavy atom. The van der Waals surface area contributed by atoms with Gasteiger partial charge in [-0.1, -0.05) is 54.6 Å². The summed E-state index contributed by atoms with van der Waals surface area (Å²) in [6, 6.07) is 24.5. The molecule has 136 valence electrons. The highest BCUT2D eigenvalue weighted by atomic mass is 19.1. The first kappa shape index (κ1) is 17.5. The van der Waals surface area contributed by atoms with Crippen LogP contribution in [0.25, 0.3) is 11.1 Å². The third kappa shape index (κ3) is 3.92. The van der Waals surface area contributed by atoms with Crippen LogP contribution in [-0.4, -0.2) is 23.9 Å². The van der Waals surface area contributed by atoms with E-state index in [2.05, 4.69) is 24.3 Å². The average molecular weight is 359 g/mol. The summed E-state index contributed by atoms with van der Waals surface area (Å²) in [5.41, 5.74) is 4.00. The SMILES string of the molecule is O=C(c1ccc(-c2ccc(F)cc2)cc1)N1CCC(c2ccccc2)CC1. The second-order valence-electron chi connectivity index (χ2n) is 7.06. The van der Waals surface area contributed by atoms with Crippen LogP contribution < -0.4 is 0 Å². The largest absolute Gasteiger partial charge is 0.339 e. The summed E-state index contributed by atoms with van der Waals surface area (Å²) in [5, 5.41) is 0. The van der Waals surface area contributed by atoms with Crippen molar-refractivity contribution >= 4 is 5.91 Å². The molecule has 0 saturated carbocycles. The fraction of sp³-hybridized carbons (Fsp3) is 0.208. The lowest BCUT2D eigenvalue weighted by Crippen LogP contribution is -2.37. The van der Waals surface area contributed by atoms with Crippen LogP contribution in [-0.2, 0) is 0 Å². The molecule has 1 fully saturated rings. The Labute approximate surface area is 159 Å². The Bertz CT molecular complexity index is 895. The van der Waals surface area contributed by atoms with Crippen molar-refractivity contribution < 1.29 is 9.18 Å². The Hall–Kier alpha value is -2.94. The lowest BCUT2D eigenvalue weighted by atomic mass is 9.89. The molecule has 0 atom stereocenters. The molecule has 1 amide bonds. The van der Waals surface area contributed by atoms with E-state index in [9.17, 15) is 9.18 Å². The van der Waals surface area contributed by atoms with Gasteiger partial charge in [0.25, 0.3) is 5.91 Å². The minimum atomic E-state index is -0.246. The van der Waals surface area contributed by atoms with Crippen LogP contribution >= 0.6 is 0 Å². The first-order chi connectivity index (χ1) is 13.2. The van der Waals surface area contributed by atoms with Gasteiger partial charge in [-0.25, -0.2) is 4.39 Å². The number of carbonyl (C=O) groups excluding carboxylic acids is 1. The van der Waals surface area contributed by atoms with Crippen LogP contribution in [0.5, 0.6) is 0 Å². The minimum Gasteiger partial charge on any atom is -0.339 e. The van der Waals surface area contributed by atoms with Gasteiger partial charge in [0, 0.05) is 18.7 Å². The normalized spacial score (nSPS) is 14.9. The topological polar surface area (TPSA) is 20.3 Å². The molecule has 0 bridgehead atoms. The van der Waals surface area contributed by atoms with Gasteiger partial charge >= 0.3 is 0 Å². The molecule has 3 aromatic rings. The van der Waals surface area contributed by atoms with E-state index in [1.54, 1.807) is 12.1 Å². The molecule has 1 heterocycles. The van der Waals surface area contributed by atoms with E-state index in [4.69, 9.17) is 0 Å². The molecular weight excluding hydrogens is 337 g/mol. The number of carbonyl (C=O) groups is 1. The third-order valence-corrected chi connectivity index (χ3v) is 5.36. The first-order valence-electron chi connectivity index (χ1n) is 9.41. The highest BCUT2D eigenvalue weighted by Gasteiger charge is 2.24. The molecule has 4 rings (SSSR count). The molecule has 2 nitrogen and oxygen atoms in total. The summed E-state index contributed by atoms with van der Waals surface area (Å²) in [5.74, 6) is 0.382. The van der Waals surface area contributed by atoms with E-state index in [0.717, 1.165) is 37.1 Å². The number of nitrogens with zero attached hydrogens (tertiary/aromatic N) is 1. The van der Waals surface area contributed by atoms with Gasteiger partial charge in [0.05, 0.1) is 0 Å². The molecule has 1 saturated heterocycles. The van der Waals surface area contributed by atoms with E-state index in [1.165, 1.54) is 17.7 Å². The Morgan fingerprint density at radius 3 is 1.93 bits per heavy atom. The highest BCUT2D eigenvalue weighted by Crippen LogP contribution is 2.28. The van der Waals surface area contributed by atoms with Crippen molar-refractivity contribution in [2.75, 3.05) is 13.1 Å². The monoisotopic (exact) mass is 359 g/mol. The molecule has 1 aliphatic rings. The summed E-state index contributed by atoms with van der Waals surface area (Å²) in [6.07, 6.45) is 2.01. The maximum Gasteiger partial charge on any atom is 0.253 e. The van der Waals surface area contributed by atoms with E-state index in [0.29, 0.717) is 11.5 Å². The van der Waals surface area contributed by atoms with E-state index in [1.807, 2.05) is 35.2 Å². The summed E-state index contributed by atoms with van der Waals surface area (Å²) in [6.45, 7) is 1.58. The van der Waals surface area contributed by atoms with Crippen molar-refractivity contribution in [3.63, 3.8) is 0 Å². The molecule has 0 N–H and O–H groups in total.